The van der Waals surface area contributed by atoms with Gasteiger partial charge in [-0.05, 0) is 25.0 Å². The van der Waals surface area contributed by atoms with Crippen molar-refractivity contribution in [2.75, 3.05) is 30.8 Å². The molecule has 1 heterocycles. The van der Waals surface area contributed by atoms with Crippen molar-refractivity contribution >= 4 is 17.3 Å². The number of ether oxygens (including phenoxy) is 1. The third-order valence-corrected chi connectivity index (χ3v) is 3.42. The zero-order valence-electron chi connectivity index (χ0n) is 10.6. The average Bonchev–Trinajstić information content (AvgIpc) is 2.38. The molecule has 0 unspecified atom stereocenters. The van der Waals surface area contributed by atoms with Crippen LogP contribution in [0.2, 0.25) is 0 Å². The van der Waals surface area contributed by atoms with Crippen LogP contribution in [0.25, 0.3) is 0 Å². The average molecular weight is 249 g/mol. The summed E-state index contributed by atoms with van der Waals surface area (Å²) in [6.07, 6.45) is 2.16. The van der Waals surface area contributed by atoms with Gasteiger partial charge in [0.1, 0.15) is 0 Å². The Morgan fingerprint density at radius 2 is 2.06 bits per heavy atom. The maximum absolute atomic E-state index is 11.5. The van der Waals surface area contributed by atoms with Crippen LogP contribution in [0.4, 0.5) is 11.4 Å². The lowest BCUT2D eigenvalue weighted by atomic mass is 10.0. The Kier molecular flexibility index (Phi) is 3.72. The quantitative estimate of drug-likeness (QED) is 0.782. The number of hydrogen-bond acceptors (Lipinski definition) is 4. The van der Waals surface area contributed by atoms with E-state index < -0.39 is 5.91 Å². The minimum Gasteiger partial charge on any atom is -0.397 e. The Labute approximate surface area is 107 Å². The molecule has 1 saturated heterocycles. The van der Waals surface area contributed by atoms with Gasteiger partial charge in [-0.1, -0.05) is 6.07 Å². The third kappa shape index (κ3) is 2.41. The molecule has 98 valence electrons. The molecule has 5 nitrogen and oxygen atoms in total. The van der Waals surface area contributed by atoms with Crippen molar-refractivity contribution < 1.29 is 9.53 Å². The molecule has 2 rings (SSSR count). The predicted octanol–water partition coefficient (Wildman–Crippen LogP) is 0.983. The zero-order valence-corrected chi connectivity index (χ0v) is 10.6. The summed E-state index contributed by atoms with van der Waals surface area (Å²) in [5.41, 5.74) is 13.2. The Hall–Kier alpha value is -1.75. The maximum Gasteiger partial charge on any atom is 0.250 e. The second kappa shape index (κ2) is 5.27. The van der Waals surface area contributed by atoms with E-state index >= 15 is 0 Å². The summed E-state index contributed by atoms with van der Waals surface area (Å²) in [5, 5.41) is 0. The molecule has 0 atom stereocenters. The number of anilines is 2. The maximum atomic E-state index is 11.5. The number of benzene rings is 1. The van der Waals surface area contributed by atoms with E-state index in [2.05, 4.69) is 4.90 Å². The Balaban J connectivity index is 2.26. The summed E-state index contributed by atoms with van der Waals surface area (Å²) < 4.78 is 5.33. The molecule has 0 saturated carbocycles. The first-order valence-corrected chi connectivity index (χ1v) is 6.09. The predicted molar refractivity (Wildman–Crippen MR) is 71.6 cm³/mol. The van der Waals surface area contributed by atoms with Gasteiger partial charge in [-0.2, -0.15) is 0 Å². The molecule has 1 aliphatic rings. The molecule has 5 heteroatoms. The highest BCUT2D eigenvalue weighted by Gasteiger charge is 2.23. The van der Waals surface area contributed by atoms with E-state index in [1.54, 1.807) is 25.3 Å². The standard InChI is InChI=1S/C13H19N3O2/c1-18-9-5-7-16(8-6-9)12-10(13(15)17)3-2-4-11(12)14/h2-4,9H,5-8,14H2,1H3,(H2,15,17). The lowest BCUT2D eigenvalue weighted by molar-refractivity contribution is 0.0819. The molecular formula is C13H19N3O2. The molecule has 1 aliphatic heterocycles. The van der Waals surface area contributed by atoms with E-state index in [9.17, 15) is 4.79 Å². The van der Waals surface area contributed by atoms with Crippen molar-refractivity contribution in [3.8, 4) is 0 Å². The molecule has 1 amide bonds. The first-order valence-electron chi connectivity index (χ1n) is 6.09. The van der Waals surface area contributed by atoms with Crippen molar-refractivity contribution in [1.29, 1.82) is 0 Å². The number of carbonyl (C=O) groups excluding carboxylic acids is 1. The van der Waals surface area contributed by atoms with Gasteiger partial charge in [-0.25, -0.2) is 0 Å². The highest BCUT2D eigenvalue weighted by atomic mass is 16.5. The first-order chi connectivity index (χ1) is 8.63. The van der Waals surface area contributed by atoms with Crippen LogP contribution in [0.15, 0.2) is 18.2 Å². The lowest BCUT2D eigenvalue weighted by Crippen LogP contribution is -2.38. The van der Waals surface area contributed by atoms with Crippen LogP contribution in [0, 0.1) is 0 Å². The lowest BCUT2D eigenvalue weighted by Gasteiger charge is -2.34. The van der Waals surface area contributed by atoms with Gasteiger partial charge in [0.15, 0.2) is 0 Å². The van der Waals surface area contributed by atoms with Gasteiger partial charge >= 0.3 is 0 Å². The molecule has 0 radical (unpaired) electrons. The van der Waals surface area contributed by atoms with E-state index in [0.29, 0.717) is 17.4 Å². The molecule has 0 spiro atoms. The van der Waals surface area contributed by atoms with E-state index in [4.69, 9.17) is 16.2 Å². The van der Waals surface area contributed by atoms with Crippen LogP contribution >= 0.6 is 0 Å². The van der Waals surface area contributed by atoms with Gasteiger partial charge in [0.25, 0.3) is 5.91 Å². The van der Waals surface area contributed by atoms with Crippen molar-refractivity contribution in [3.05, 3.63) is 23.8 Å². The van der Waals surface area contributed by atoms with Crippen LogP contribution in [-0.4, -0.2) is 32.2 Å². The van der Waals surface area contributed by atoms with Crippen LogP contribution in [0.5, 0.6) is 0 Å². The molecular weight excluding hydrogens is 230 g/mol. The van der Waals surface area contributed by atoms with Gasteiger partial charge in [0.2, 0.25) is 0 Å². The van der Waals surface area contributed by atoms with Crippen LogP contribution in [0.1, 0.15) is 23.2 Å². The number of para-hydroxylation sites is 1. The summed E-state index contributed by atoms with van der Waals surface area (Å²) in [5.74, 6) is -0.439. The second-order valence-corrected chi connectivity index (χ2v) is 4.53. The van der Waals surface area contributed by atoms with Crippen LogP contribution < -0.4 is 16.4 Å². The van der Waals surface area contributed by atoms with Gasteiger partial charge in [0, 0.05) is 20.2 Å². The second-order valence-electron chi connectivity index (χ2n) is 4.53. The minimum atomic E-state index is -0.439. The highest BCUT2D eigenvalue weighted by molar-refractivity contribution is 6.01. The molecule has 18 heavy (non-hydrogen) atoms. The number of nitrogen functional groups attached to an aromatic ring is 1. The van der Waals surface area contributed by atoms with Gasteiger partial charge in [-0.15, -0.1) is 0 Å². The number of piperidine rings is 1. The topological polar surface area (TPSA) is 81.6 Å². The largest absolute Gasteiger partial charge is 0.397 e. The number of nitrogens with zero attached hydrogens (tertiary/aromatic N) is 1. The Morgan fingerprint density at radius 3 is 2.61 bits per heavy atom. The van der Waals surface area contributed by atoms with Crippen molar-refractivity contribution in [3.63, 3.8) is 0 Å². The van der Waals surface area contributed by atoms with Gasteiger partial charge in [0.05, 0.1) is 23.0 Å². The summed E-state index contributed by atoms with van der Waals surface area (Å²) in [6.45, 7) is 1.65. The number of amides is 1. The fourth-order valence-electron chi connectivity index (χ4n) is 2.43. The van der Waals surface area contributed by atoms with Gasteiger partial charge in [-0.3, -0.25) is 4.79 Å². The SMILES string of the molecule is COC1CCN(c2c(N)cccc2C(N)=O)CC1. The summed E-state index contributed by atoms with van der Waals surface area (Å²) in [4.78, 5) is 13.6. The number of carbonyl (C=O) groups is 1. The smallest absolute Gasteiger partial charge is 0.250 e. The summed E-state index contributed by atoms with van der Waals surface area (Å²) in [7, 11) is 1.73. The van der Waals surface area contributed by atoms with Gasteiger partial charge < -0.3 is 21.1 Å². The molecule has 4 N–H and O–H groups in total. The van der Waals surface area contributed by atoms with E-state index in [-0.39, 0.29) is 0 Å². The first kappa shape index (κ1) is 12.7. The van der Waals surface area contributed by atoms with Crippen molar-refractivity contribution in [1.82, 2.24) is 0 Å². The number of primary amides is 1. The third-order valence-electron chi connectivity index (χ3n) is 3.42. The highest BCUT2D eigenvalue weighted by Crippen LogP contribution is 2.30. The Bertz CT molecular complexity index is 440. The van der Waals surface area contributed by atoms with Crippen molar-refractivity contribution in [2.24, 2.45) is 5.73 Å². The zero-order chi connectivity index (χ0) is 13.1. The molecule has 0 aromatic heterocycles. The molecule has 1 fully saturated rings. The Morgan fingerprint density at radius 1 is 1.39 bits per heavy atom. The van der Waals surface area contributed by atoms with E-state index in [0.717, 1.165) is 31.6 Å². The van der Waals surface area contributed by atoms with E-state index in [1.165, 1.54) is 0 Å². The molecule has 1 aromatic carbocycles. The number of nitrogens with two attached hydrogens (primary N) is 2. The molecule has 0 aliphatic carbocycles. The van der Waals surface area contributed by atoms with Crippen LogP contribution in [0.3, 0.4) is 0 Å². The number of hydrogen-bond donors (Lipinski definition) is 2. The van der Waals surface area contributed by atoms with Crippen LogP contribution in [-0.2, 0) is 4.74 Å². The number of methoxy groups -OCH3 is 1. The summed E-state index contributed by atoms with van der Waals surface area (Å²) >= 11 is 0. The fourth-order valence-corrected chi connectivity index (χ4v) is 2.43. The monoisotopic (exact) mass is 249 g/mol. The van der Waals surface area contributed by atoms with Crippen molar-refractivity contribution in [2.45, 2.75) is 18.9 Å². The molecule has 1 aromatic rings. The number of rotatable bonds is 3. The summed E-state index contributed by atoms with van der Waals surface area (Å²) in [6, 6.07) is 5.27. The minimum absolute atomic E-state index is 0.295. The fraction of sp³-hybridized carbons (Fsp3) is 0.462. The molecule has 0 bridgehead atoms. The normalized spacial score (nSPS) is 16.8. The van der Waals surface area contributed by atoms with E-state index in [1.807, 2.05) is 0 Å².